The molecule has 0 spiro atoms. The van der Waals surface area contributed by atoms with Gasteiger partial charge in [0.15, 0.2) is 0 Å². The number of aromatic carboxylic acids is 1. The lowest BCUT2D eigenvalue weighted by Gasteiger charge is -2.04. The highest BCUT2D eigenvalue weighted by Crippen LogP contribution is 2.08. The molecule has 88 valence electrons. The van der Waals surface area contributed by atoms with Crippen molar-refractivity contribution in [2.45, 2.75) is 6.54 Å². The van der Waals surface area contributed by atoms with Crippen LogP contribution < -0.4 is 10.2 Å². The Morgan fingerprint density at radius 2 is 2.41 bits per heavy atom. The second-order valence-electron chi connectivity index (χ2n) is 3.26. The first-order valence-corrected chi connectivity index (χ1v) is 5.63. The third-order valence-electron chi connectivity index (χ3n) is 2.04. The number of hydrogen-bond acceptors (Lipinski definition) is 5. The van der Waals surface area contributed by atoms with E-state index in [1.807, 2.05) is 0 Å². The van der Waals surface area contributed by atoms with Gasteiger partial charge in [-0.15, -0.1) is 0 Å². The van der Waals surface area contributed by atoms with Gasteiger partial charge in [-0.3, -0.25) is 4.79 Å². The van der Waals surface area contributed by atoms with Gasteiger partial charge in [0.2, 0.25) is 0 Å². The molecule has 6 nitrogen and oxygen atoms in total. The third-order valence-corrected chi connectivity index (χ3v) is 2.76. The summed E-state index contributed by atoms with van der Waals surface area (Å²) >= 11 is 1.08. The Bertz CT molecular complexity index is 590. The normalized spacial score (nSPS) is 10.1. The minimum atomic E-state index is -1.00. The maximum absolute atomic E-state index is 10.9. The van der Waals surface area contributed by atoms with Gasteiger partial charge in [-0.2, -0.15) is 0 Å². The first kappa shape index (κ1) is 11.3. The summed E-state index contributed by atoms with van der Waals surface area (Å²) in [4.78, 5) is 28.1. The molecule has 17 heavy (non-hydrogen) atoms. The highest BCUT2D eigenvalue weighted by atomic mass is 32.1. The molecule has 0 aromatic carbocycles. The van der Waals surface area contributed by atoms with Crippen molar-refractivity contribution >= 4 is 23.1 Å². The number of aromatic nitrogens is 2. The summed E-state index contributed by atoms with van der Waals surface area (Å²) in [5.74, 6) is -0.545. The van der Waals surface area contributed by atoms with E-state index in [-0.39, 0.29) is 10.4 Å². The minimum Gasteiger partial charge on any atom is -0.478 e. The van der Waals surface area contributed by atoms with Crippen LogP contribution in [0.5, 0.6) is 0 Å². The summed E-state index contributed by atoms with van der Waals surface area (Å²) in [5.41, 5.74) is 0.906. The number of pyridine rings is 1. The quantitative estimate of drug-likeness (QED) is 0.757. The Labute approximate surface area is 100.0 Å². The molecular weight excluding hydrogens is 242 g/mol. The number of aromatic amines is 1. The second kappa shape index (κ2) is 4.79. The summed E-state index contributed by atoms with van der Waals surface area (Å²) in [6.45, 7) is 0.398. The molecule has 0 aliphatic rings. The second-order valence-corrected chi connectivity index (χ2v) is 4.10. The van der Waals surface area contributed by atoms with Gasteiger partial charge in [-0.1, -0.05) is 11.3 Å². The van der Waals surface area contributed by atoms with Gasteiger partial charge in [-0.05, 0) is 12.1 Å². The average Bonchev–Trinajstić information content (AvgIpc) is 2.73. The number of carboxylic acids is 1. The molecular formula is C10H9N3O3S. The number of thiazole rings is 1. The minimum absolute atomic E-state index is 0.117. The molecule has 2 heterocycles. The van der Waals surface area contributed by atoms with E-state index in [2.05, 4.69) is 15.3 Å². The van der Waals surface area contributed by atoms with Gasteiger partial charge in [0.25, 0.3) is 0 Å². The topological polar surface area (TPSA) is 95.1 Å². The maximum atomic E-state index is 10.9. The molecule has 0 atom stereocenters. The summed E-state index contributed by atoms with van der Waals surface area (Å²) < 4.78 is 0. The van der Waals surface area contributed by atoms with Crippen molar-refractivity contribution in [2.24, 2.45) is 0 Å². The summed E-state index contributed by atoms with van der Waals surface area (Å²) in [6.07, 6.45) is 1.42. The number of anilines is 1. The molecule has 2 aromatic heterocycles. The van der Waals surface area contributed by atoms with Crippen LogP contribution in [0.1, 0.15) is 16.1 Å². The van der Waals surface area contributed by atoms with Crippen molar-refractivity contribution in [2.75, 3.05) is 5.32 Å². The maximum Gasteiger partial charge on any atom is 0.335 e. The lowest BCUT2D eigenvalue weighted by Crippen LogP contribution is -2.05. The number of carboxylic acid groups (broad SMARTS) is 1. The largest absolute Gasteiger partial charge is 0.478 e. The van der Waals surface area contributed by atoms with Crippen LogP contribution in [-0.4, -0.2) is 21.0 Å². The molecule has 0 aliphatic heterocycles. The predicted octanol–water partition coefficient (Wildman–Crippen LogP) is 1.14. The van der Waals surface area contributed by atoms with Gasteiger partial charge in [0, 0.05) is 17.3 Å². The zero-order valence-corrected chi connectivity index (χ0v) is 9.45. The van der Waals surface area contributed by atoms with Crippen LogP contribution in [0.4, 0.5) is 5.82 Å². The van der Waals surface area contributed by atoms with Crippen LogP contribution in [-0.2, 0) is 6.54 Å². The predicted molar refractivity (Wildman–Crippen MR) is 63.5 cm³/mol. The molecule has 2 rings (SSSR count). The van der Waals surface area contributed by atoms with E-state index >= 15 is 0 Å². The molecule has 0 saturated heterocycles. The van der Waals surface area contributed by atoms with Gasteiger partial charge >= 0.3 is 10.8 Å². The van der Waals surface area contributed by atoms with E-state index in [0.717, 1.165) is 17.0 Å². The number of carbonyl (C=O) groups is 1. The zero-order valence-electron chi connectivity index (χ0n) is 8.64. The van der Waals surface area contributed by atoms with Crippen LogP contribution >= 0.6 is 11.3 Å². The van der Waals surface area contributed by atoms with E-state index in [0.29, 0.717) is 12.4 Å². The molecule has 0 radical (unpaired) electrons. The molecule has 0 fully saturated rings. The van der Waals surface area contributed by atoms with E-state index in [4.69, 9.17) is 5.11 Å². The molecule has 0 aliphatic carbocycles. The number of H-pyrrole nitrogens is 1. The molecule has 0 amide bonds. The molecule has 2 aromatic rings. The van der Waals surface area contributed by atoms with Crippen molar-refractivity contribution in [3.8, 4) is 0 Å². The average molecular weight is 251 g/mol. The lowest BCUT2D eigenvalue weighted by atomic mass is 10.2. The number of rotatable bonds is 4. The first-order chi connectivity index (χ1) is 8.15. The number of nitrogens with one attached hydrogen (secondary N) is 2. The molecule has 3 N–H and O–H groups in total. The SMILES string of the molecule is O=C(O)c1ccnc(NCc2csc(=O)[nH]2)c1. The number of nitrogens with zero attached hydrogens (tertiary/aromatic N) is 1. The van der Waals surface area contributed by atoms with E-state index in [1.165, 1.54) is 18.3 Å². The Morgan fingerprint density at radius 3 is 3.06 bits per heavy atom. The first-order valence-electron chi connectivity index (χ1n) is 4.75. The Kier molecular flexibility index (Phi) is 3.20. The highest BCUT2D eigenvalue weighted by molar-refractivity contribution is 7.07. The third kappa shape index (κ3) is 2.91. The van der Waals surface area contributed by atoms with Crippen molar-refractivity contribution in [3.63, 3.8) is 0 Å². The fourth-order valence-electron chi connectivity index (χ4n) is 1.25. The standard InChI is InChI=1S/C10H9N3O3S/c14-9(15)6-1-2-11-8(3-6)12-4-7-5-17-10(16)13-7/h1-3,5H,4H2,(H,11,12)(H,13,16)(H,14,15). The lowest BCUT2D eigenvalue weighted by molar-refractivity contribution is 0.0697. The fourth-order valence-corrected chi connectivity index (χ4v) is 1.83. The van der Waals surface area contributed by atoms with Crippen LogP contribution in [0, 0.1) is 0 Å². The highest BCUT2D eigenvalue weighted by Gasteiger charge is 2.04. The number of hydrogen-bond donors (Lipinski definition) is 3. The van der Waals surface area contributed by atoms with Gasteiger partial charge < -0.3 is 15.4 Å². The molecule has 0 bridgehead atoms. The van der Waals surface area contributed by atoms with E-state index in [1.54, 1.807) is 5.38 Å². The molecule has 0 saturated carbocycles. The summed E-state index contributed by atoms with van der Waals surface area (Å²) in [5, 5.41) is 13.4. The summed E-state index contributed by atoms with van der Waals surface area (Å²) in [6, 6.07) is 2.85. The zero-order chi connectivity index (χ0) is 12.3. The Hall–Kier alpha value is -2.15. The van der Waals surface area contributed by atoms with Gasteiger partial charge in [0.05, 0.1) is 12.1 Å². The Morgan fingerprint density at radius 1 is 1.59 bits per heavy atom. The van der Waals surface area contributed by atoms with Crippen molar-refractivity contribution in [3.05, 3.63) is 44.6 Å². The van der Waals surface area contributed by atoms with Crippen LogP contribution in [0.3, 0.4) is 0 Å². The van der Waals surface area contributed by atoms with Gasteiger partial charge in [0.1, 0.15) is 5.82 Å². The fraction of sp³-hybridized carbons (Fsp3) is 0.100. The summed E-state index contributed by atoms with van der Waals surface area (Å²) in [7, 11) is 0. The van der Waals surface area contributed by atoms with E-state index in [9.17, 15) is 9.59 Å². The van der Waals surface area contributed by atoms with Crippen molar-refractivity contribution in [1.29, 1.82) is 0 Å². The van der Waals surface area contributed by atoms with Crippen molar-refractivity contribution in [1.82, 2.24) is 9.97 Å². The van der Waals surface area contributed by atoms with Crippen LogP contribution in [0.15, 0.2) is 28.5 Å². The van der Waals surface area contributed by atoms with Crippen LogP contribution in [0.2, 0.25) is 0 Å². The monoisotopic (exact) mass is 251 g/mol. The molecule has 7 heteroatoms. The van der Waals surface area contributed by atoms with Gasteiger partial charge in [-0.25, -0.2) is 9.78 Å². The smallest absolute Gasteiger partial charge is 0.335 e. The Balaban J connectivity index is 2.06. The van der Waals surface area contributed by atoms with Crippen molar-refractivity contribution < 1.29 is 9.90 Å². The van der Waals surface area contributed by atoms with Crippen LogP contribution in [0.25, 0.3) is 0 Å². The molecule has 0 unspecified atom stereocenters. The van der Waals surface area contributed by atoms with E-state index < -0.39 is 5.97 Å².